The minimum atomic E-state index is -0.694. The molecule has 8 heteroatoms. The van der Waals surface area contributed by atoms with Crippen LogP contribution >= 0.6 is 0 Å². The Balaban J connectivity index is 1.84. The molecule has 2 rings (SSSR count). The molecule has 0 aliphatic heterocycles. The van der Waals surface area contributed by atoms with Crippen LogP contribution < -0.4 is 10.1 Å². The molecule has 8 nitrogen and oxygen atoms in total. The minimum absolute atomic E-state index is 0.127. The molecule has 0 bridgehead atoms. The molecule has 0 fully saturated rings. The Kier molecular flexibility index (Phi) is 6.05. The van der Waals surface area contributed by atoms with Gasteiger partial charge in [-0.05, 0) is 30.3 Å². The number of esters is 1. The zero-order valence-corrected chi connectivity index (χ0v) is 13.4. The number of benzene rings is 2. The standard InChI is InChI=1S/C17H16N2O6/c1-24-14-8-6-12(7-9-14)17(21)18-10-16(20)25-11-13-4-2-3-5-15(13)19(22)23/h2-9H,10-11H2,1H3,(H,18,21). The number of ether oxygens (including phenoxy) is 2. The molecule has 0 atom stereocenters. The van der Waals surface area contributed by atoms with Gasteiger partial charge >= 0.3 is 5.97 Å². The smallest absolute Gasteiger partial charge is 0.325 e. The summed E-state index contributed by atoms with van der Waals surface area (Å²) in [4.78, 5) is 34.0. The highest BCUT2D eigenvalue weighted by atomic mass is 16.6. The molecule has 2 aromatic rings. The number of nitro benzene ring substituents is 1. The molecule has 25 heavy (non-hydrogen) atoms. The molecule has 0 aliphatic carbocycles. The van der Waals surface area contributed by atoms with Gasteiger partial charge in [0.25, 0.3) is 11.6 Å². The number of nitrogens with one attached hydrogen (secondary N) is 1. The monoisotopic (exact) mass is 344 g/mol. The number of nitro groups is 1. The molecular formula is C17H16N2O6. The van der Waals surface area contributed by atoms with Gasteiger partial charge in [0.05, 0.1) is 17.6 Å². The number of amides is 1. The van der Waals surface area contributed by atoms with Gasteiger partial charge in [0.1, 0.15) is 18.9 Å². The number of carbonyl (C=O) groups is 2. The lowest BCUT2D eigenvalue weighted by atomic mass is 10.2. The maximum absolute atomic E-state index is 11.9. The summed E-state index contributed by atoms with van der Waals surface area (Å²) in [5.74, 6) is -0.522. The van der Waals surface area contributed by atoms with Crippen molar-refractivity contribution in [2.45, 2.75) is 6.61 Å². The van der Waals surface area contributed by atoms with Crippen LogP contribution in [0.25, 0.3) is 0 Å². The largest absolute Gasteiger partial charge is 0.497 e. The summed E-state index contributed by atoms with van der Waals surface area (Å²) in [7, 11) is 1.52. The predicted octanol–water partition coefficient (Wildman–Crippen LogP) is 2.08. The van der Waals surface area contributed by atoms with Crippen LogP contribution in [0.3, 0.4) is 0 Å². The number of rotatable bonds is 7. The highest BCUT2D eigenvalue weighted by molar-refractivity contribution is 5.96. The molecule has 130 valence electrons. The zero-order valence-electron chi connectivity index (χ0n) is 13.4. The summed E-state index contributed by atoms with van der Waals surface area (Å²) in [5, 5.41) is 13.3. The van der Waals surface area contributed by atoms with Crippen molar-refractivity contribution in [3.05, 3.63) is 69.8 Å². The fraction of sp³-hybridized carbons (Fsp3) is 0.176. The van der Waals surface area contributed by atoms with Crippen LogP contribution in [0.15, 0.2) is 48.5 Å². The van der Waals surface area contributed by atoms with Crippen LogP contribution in [0, 0.1) is 10.1 Å². The molecule has 0 spiro atoms. The second-order valence-electron chi connectivity index (χ2n) is 4.96. The van der Waals surface area contributed by atoms with Crippen LogP contribution in [0.5, 0.6) is 5.75 Å². The van der Waals surface area contributed by atoms with E-state index < -0.39 is 16.8 Å². The normalized spacial score (nSPS) is 9.96. The van der Waals surface area contributed by atoms with Gasteiger partial charge in [-0.25, -0.2) is 0 Å². The van der Waals surface area contributed by atoms with Gasteiger partial charge in [0.15, 0.2) is 0 Å². The third-order valence-corrected chi connectivity index (χ3v) is 3.32. The summed E-state index contributed by atoms with van der Waals surface area (Å²) in [5.41, 5.74) is 0.521. The van der Waals surface area contributed by atoms with E-state index in [1.807, 2.05) is 0 Å². The van der Waals surface area contributed by atoms with Gasteiger partial charge < -0.3 is 14.8 Å². The van der Waals surface area contributed by atoms with E-state index in [1.165, 1.54) is 25.3 Å². The van der Waals surface area contributed by atoms with E-state index in [9.17, 15) is 19.7 Å². The van der Waals surface area contributed by atoms with Crippen LogP contribution in [0.1, 0.15) is 15.9 Å². The number of carbonyl (C=O) groups excluding carboxylic acids is 2. The van der Waals surface area contributed by atoms with E-state index in [0.29, 0.717) is 11.3 Å². The summed E-state index contributed by atoms with van der Waals surface area (Å²) < 4.78 is 9.96. The topological polar surface area (TPSA) is 108 Å². The molecule has 2 aromatic carbocycles. The van der Waals surface area contributed by atoms with Gasteiger partial charge in [0, 0.05) is 11.6 Å². The lowest BCUT2D eigenvalue weighted by Crippen LogP contribution is -2.30. The first-order chi connectivity index (χ1) is 12.0. The van der Waals surface area contributed by atoms with Crippen molar-refractivity contribution >= 4 is 17.6 Å². The maximum Gasteiger partial charge on any atom is 0.325 e. The van der Waals surface area contributed by atoms with E-state index in [-0.39, 0.29) is 24.4 Å². The summed E-state index contributed by atoms with van der Waals surface area (Å²) >= 11 is 0. The lowest BCUT2D eigenvalue weighted by Gasteiger charge is -2.07. The van der Waals surface area contributed by atoms with Crippen molar-refractivity contribution in [2.75, 3.05) is 13.7 Å². The predicted molar refractivity (Wildman–Crippen MR) is 88.2 cm³/mol. The van der Waals surface area contributed by atoms with E-state index in [0.717, 1.165) is 0 Å². The first kappa shape index (κ1) is 17.9. The van der Waals surface area contributed by atoms with Crippen molar-refractivity contribution in [1.29, 1.82) is 0 Å². The van der Waals surface area contributed by atoms with Crippen LogP contribution in [-0.4, -0.2) is 30.5 Å². The highest BCUT2D eigenvalue weighted by Crippen LogP contribution is 2.18. The Hall–Kier alpha value is -3.42. The third kappa shape index (κ3) is 5.03. The molecule has 0 unspecified atom stereocenters. The Labute approximate surface area is 143 Å². The molecule has 0 aliphatic rings. The Bertz CT molecular complexity index is 773. The minimum Gasteiger partial charge on any atom is -0.497 e. The quantitative estimate of drug-likeness (QED) is 0.468. The van der Waals surface area contributed by atoms with E-state index in [4.69, 9.17) is 9.47 Å². The Morgan fingerprint density at radius 1 is 1.12 bits per heavy atom. The molecular weight excluding hydrogens is 328 g/mol. The second kappa shape index (κ2) is 8.44. The molecule has 0 aromatic heterocycles. The first-order valence-corrected chi connectivity index (χ1v) is 7.31. The number of methoxy groups -OCH3 is 1. The highest BCUT2D eigenvalue weighted by Gasteiger charge is 2.15. The summed E-state index contributed by atoms with van der Waals surface area (Å²) in [6.45, 7) is -0.583. The number of hydrogen-bond donors (Lipinski definition) is 1. The average Bonchev–Trinajstić information content (AvgIpc) is 2.64. The van der Waals surface area contributed by atoms with E-state index >= 15 is 0 Å². The Morgan fingerprint density at radius 3 is 2.44 bits per heavy atom. The first-order valence-electron chi connectivity index (χ1n) is 7.31. The lowest BCUT2D eigenvalue weighted by molar-refractivity contribution is -0.385. The molecule has 0 radical (unpaired) electrons. The molecule has 0 saturated heterocycles. The van der Waals surface area contributed by atoms with Gasteiger partial charge in [0.2, 0.25) is 0 Å². The maximum atomic E-state index is 11.9. The van der Waals surface area contributed by atoms with Crippen molar-refractivity contribution < 1.29 is 24.0 Å². The number of hydrogen-bond acceptors (Lipinski definition) is 6. The summed E-state index contributed by atoms with van der Waals surface area (Å²) in [6, 6.07) is 12.3. The van der Waals surface area contributed by atoms with Crippen LogP contribution in [0.2, 0.25) is 0 Å². The van der Waals surface area contributed by atoms with Crippen molar-refractivity contribution in [1.82, 2.24) is 5.32 Å². The zero-order chi connectivity index (χ0) is 18.2. The third-order valence-electron chi connectivity index (χ3n) is 3.32. The SMILES string of the molecule is COc1ccc(C(=O)NCC(=O)OCc2ccccc2[N+](=O)[O-])cc1. The fourth-order valence-electron chi connectivity index (χ4n) is 2.02. The van der Waals surface area contributed by atoms with Gasteiger partial charge in [-0.15, -0.1) is 0 Å². The van der Waals surface area contributed by atoms with Gasteiger partial charge in [-0.3, -0.25) is 19.7 Å². The van der Waals surface area contributed by atoms with Crippen LogP contribution in [-0.2, 0) is 16.1 Å². The van der Waals surface area contributed by atoms with Crippen molar-refractivity contribution in [3.8, 4) is 5.75 Å². The average molecular weight is 344 g/mol. The number of nitrogens with zero attached hydrogens (tertiary/aromatic N) is 1. The fourth-order valence-corrected chi connectivity index (χ4v) is 2.02. The second-order valence-corrected chi connectivity index (χ2v) is 4.96. The van der Waals surface area contributed by atoms with Gasteiger partial charge in [-0.2, -0.15) is 0 Å². The van der Waals surface area contributed by atoms with E-state index in [2.05, 4.69) is 5.32 Å². The Morgan fingerprint density at radius 2 is 1.80 bits per heavy atom. The molecule has 0 heterocycles. The van der Waals surface area contributed by atoms with Crippen LogP contribution in [0.4, 0.5) is 5.69 Å². The molecule has 0 saturated carbocycles. The van der Waals surface area contributed by atoms with Gasteiger partial charge in [-0.1, -0.05) is 12.1 Å². The molecule has 1 amide bonds. The number of para-hydroxylation sites is 1. The van der Waals surface area contributed by atoms with Crippen molar-refractivity contribution in [2.24, 2.45) is 0 Å². The summed E-state index contributed by atoms with van der Waals surface area (Å²) in [6.07, 6.45) is 0. The molecule has 1 N–H and O–H groups in total. The van der Waals surface area contributed by atoms with Crippen molar-refractivity contribution in [3.63, 3.8) is 0 Å². The van der Waals surface area contributed by atoms with E-state index in [1.54, 1.807) is 30.3 Å².